The summed E-state index contributed by atoms with van der Waals surface area (Å²) in [4.78, 5) is 18.0. The minimum absolute atomic E-state index is 0.0923. The molecule has 1 saturated heterocycles. The van der Waals surface area contributed by atoms with Gasteiger partial charge in [-0.05, 0) is 51.7 Å². The number of ether oxygens (including phenoxy) is 2. The number of aryl methyl sites for hydroxylation is 1. The third-order valence-corrected chi connectivity index (χ3v) is 10.5. The van der Waals surface area contributed by atoms with Crippen LogP contribution in [-0.4, -0.2) is 62.4 Å². The summed E-state index contributed by atoms with van der Waals surface area (Å²) in [6.45, 7) is 3.91. The number of alkyl carbamates (subject to hydrolysis) is 1. The van der Waals surface area contributed by atoms with Gasteiger partial charge >= 0.3 is 6.09 Å². The summed E-state index contributed by atoms with van der Waals surface area (Å²) in [6, 6.07) is 7.33. The van der Waals surface area contributed by atoms with E-state index in [1.54, 1.807) is 29.7 Å². The average Bonchev–Trinajstić information content (AvgIpc) is 3.53. The van der Waals surface area contributed by atoms with Crippen LogP contribution >= 0.6 is 11.3 Å². The highest BCUT2D eigenvalue weighted by molar-refractivity contribution is 7.93. The van der Waals surface area contributed by atoms with Crippen LogP contribution < -0.4 is 10.6 Å². The SMILES string of the molecule is CC(C)OC(=O)NC1CCC(c2ncc(-c3ccc(Nc4ccn(CCF)n4)cc3S(=N)(=O)C3COC3)s2)CC1. The molecule has 2 aliphatic rings. The van der Waals surface area contributed by atoms with Crippen molar-refractivity contribution >= 4 is 38.7 Å². The number of nitrogens with zero attached hydrogens (tertiary/aromatic N) is 3. The smallest absolute Gasteiger partial charge is 0.407 e. The normalized spacial score (nSPS) is 21.0. The van der Waals surface area contributed by atoms with Crippen molar-refractivity contribution in [3.63, 3.8) is 0 Å². The Morgan fingerprint density at radius 2 is 2.05 bits per heavy atom. The zero-order chi connectivity index (χ0) is 28.3. The molecule has 3 aromatic rings. The van der Waals surface area contributed by atoms with Gasteiger partial charge in [0.2, 0.25) is 0 Å². The van der Waals surface area contributed by atoms with E-state index >= 15 is 0 Å². The lowest BCUT2D eigenvalue weighted by Crippen LogP contribution is -2.40. The monoisotopic (exact) mass is 590 g/mol. The van der Waals surface area contributed by atoms with Gasteiger partial charge in [0.05, 0.1) is 55.6 Å². The number of hydrogen-bond acceptors (Lipinski definition) is 9. The van der Waals surface area contributed by atoms with Crippen molar-refractivity contribution in [1.82, 2.24) is 20.1 Å². The van der Waals surface area contributed by atoms with Crippen molar-refractivity contribution < 1.29 is 22.9 Å². The number of thiazole rings is 1. The maximum absolute atomic E-state index is 13.8. The zero-order valence-electron chi connectivity index (χ0n) is 22.6. The first kappa shape index (κ1) is 28.5. The molecule has 216 valence electrons. The van der Waals surface area contributed by atoms with Gasteiger partial charge in [-0.25, -0.2) is 23.2 Å². The molecule has 2 aromatic heterocycles. The lowest BCUT2D eigenvalue weighted by Gasteiger charge is -2.29. The number of rotatable bonds is 10. The van der Waals surface area contributed by atoms with Gasteiger partial charge in [-0.3, -0.25) is 4.68 Å². The van der Waals surface area contributed by atoms with Crippen molar-refractivity contribution in [1.29, 1.82) is 4.78 Å². The van der Waals surface area contributed by atoms with Crippen molar-refractivity contribution in [3.05, 3.63) is 41.7 Å². The minimum atomic E-state index is -3.16. The second-order valence-corrected chi connectivity index (χ2v) is 13.8. The Balaban J connectivity index is 1.34. The summed E-state index contributed by atoms with van der Waals surface area (Å²) >= 11 is 1.57. The largest absolute Gasteiger partial charge is 0.447 e. The molecule has 13 heteroatoms. The van der Waals surface area contributed by atoms with Crippen LogP contribution in [0.3, 0.4) is 0 Å². The second kappa shape index (κ2) is 12.2. The number of carbonyl (C=O) groups is 1. The van der Waals surface area contributed by atoms with Gasteiger partial charge in [0.15, 0.2) is 5.82 Å². The molecule has 40 heavy (non-hydrogen) atoms. The van der Waals surface area contributed by atoms with Gasteiger partial charge in [0, 0.05) is 41.7 Å². The van der Waals surface area contributed by atoms with E-state index in [4.69, 9.17) is 19.2 Å². The predicted molar refractivity (Wildman–Crippen MR) is 153 cm³/mol. The number of benzene rings is 1. The Labute approximate surface area is 237 Å². The number of halogens is 1. The van der Waals surface area contributed by atoms with E-state index in [0.717, 1.165) is 41.1 Å². The third-order valence-electron chi connectivity index (χ3n) is 7.14. The van der Waals surface area contributed by atoms with Crippen molar-refractivity contribution in [2.75, 3.05) is 25.2 Å². The van der Waals surface area contributed by atoms with Gasteiger partial charge in [-0.2, -0.15) is 5.10 Å². The van der Waals surface area contributed by atoms with E-state index in [9.17, 15) is 13.4 Å². The van der Waals surface area contributed by atoms with Crippen LogP contribution in [0.5, 0.6) is 0 Å². The molecule has 0 bridgehead atoms. The van der Waals surface area contributed by atoms with Crippen molar-refractivity contribution in [2.45, 2.75) is 74.3 Å². The minimum Gasteiger partial charge on any atom is -0.447 e. The molecule has 5 rings (SSSR count). The van der Waals surface area contributed by atoms with Crippen LogP contribution in [0.1, 0.15) is 50.5 Å². The lowest BCUT2D eigenvalue weighted by atomic mass is 9.86. The molecule has 0 spiro atoms. The molecule has 1 amide bonds. The molecule has 1 unspecified atom stereocenters. The van der Waals surface area contributed by atoms with Gasteiger partial charge in [-0.15, -0.1) is 11.3 Å². The van der Waals surface area contributed by atoms with Gasteiger partial charge in [0.25, 0.3) is 0 Å². The molecule has 10 nitrogen and oxygen atoms in total. The molecule has 1 aliphatic heterocycles. The topological polar surface area (TPSA) is 131 Å². The molecule has 1 aliphatic carbocycles. The van der Waals surface area contributed by atoms with Gasteiger partial charge < -0.3 is 20.1 Å². The fraction of sp³-hybridized carbons (Fsp3) is 0.519. The highest BCUT2D eigenvalue weighted by atomic mass is 32.2. The Kier molecular flexibility index (Phi) is 8.71. The van der Waals surface area contributed by atoms with E-state index < -0.39 is 16.4 Å². The molecule has 0 radical (unpaired) electrons. The van der Waals surface area contributed by atoms with Gasteiger partial charge in [-0.1, -0.05) is 6.07 Å². The molecule has 1 saturated carbocycles. The molecule has 1 aromatic carbocycles. The summed E-state index contributed by atoms with van der Waals surface area (Å²) in [5.41, 5.74) is 1.38. The summed E-state index contributed by atoms with van der Waals surface area (Å²) in [7, 11) is -3.16. The van der Waals surface area contributed by atoms with Crippen LogP contribution in [0.15, 0.2) is 41.6 Å². The number of alkyl halides is 1. The average molecular weight is 591 g/mol. The maximum Gasteiger partial charge on any atom is 0.407 e. The number of carbonyl (C=O) groups excluding carboxylic acids is 1. The van der Waals surface area contributed by atoms with Crippen LogP contribution in [0.25, 0.3) is 10.4 Å². The van der Waals surface area contributed by atoms with Crippen molar-refractivity contribution in [2.24, 2.45) is 0 Å². The fourth-order valence-electron chi connectivity index (χ4n) is 4.93. The highest BCUT2D eigenvalue weighted by Gasteiger charge is 2.33. The third kappa shape index (κ3) is 6.47. The summed E-state index contributed by atoms with van der Waals surface area (Å²) in [6.07, 6.45) is 6.48. The molecule has 3 N–H and O–H groups in total. The fourth-order valence-corrected chi connectivity index (χ4v) is 7.86. The van der Waals surface area contributed by atoms with Gasteiger partial charge in [0.1, 0.15) is 6.67 Å². The first-order chi connectivity index (χ1) is 19.2. The summed E-state index contributed by atoms with van der Waals surface area (Å²) in [5, 5.41) is 11.1. The maximum atomic E-state index is 13.8. The Bertz CT molecular complexity index is 1430. The first-order valence-electron chi connectivity index (χ1n) is 13.5. The summed E-state index contributed by atoms with van der Waals surface area (Å²) < 4.78 is 47.3. The van der Waals surface area contributed by atoms with E-state index in [1.165, 1.54) is 4.68 Å². The molecular formula is C27H35FN6O4S2. The Hall–Kier alpha value is -3.03. The van der Waals surface area contributed by atoms with Crippen molar-refractivity contribution in [3.8, 4) is 10.4 Å². The van der Waals surface area contributed by atoms with Crippen LogP contribution in [0, 0.1) is 4.78 Å². The quantitative estimate of drug-likeness (QED) is 0.277. The number of aromatic nitrogens is 3. The van der Waals surface area contributed by atoms with Crippen LogP contribution in [-0.2, 0) is 25.7 Å². The molecule has 1 atom stereocenters. The molecular weight excluding hydrogens is 555 g/mol. The van der Waals surface area contributed by atoms with E-state index in [1.807, 2.05) is 32.2 Å². The standard InChI is InChI=1S/C27H35FN6O4S2/c1-17(2)38-27(35)32-19-5-3-18(4-6-19)26-30-14-23(39-26)22-8-7-20(31-25-9-11-34(33-25)12-10-28)13-24(22)40(29,36)21-15-37-16-21/h7-9,11,13-14,17-19,21,29H,3-6,10,12,15-16H2,1-2H3,(H,31,33)(H,32,35). The van der Waals surface area contributed by atoms with E-state index in [2.05, 4.69) is 15.7 Å². The molecule has 2 fully saturated rings. The summed E-state index contributed by atoms with van der Waals surface area (Å²) in [5.74, 6) is 0.820. The first-order valence-corrected chi connectivity index (χ1v) is 16.0. The lowest BCUT2D eigenvalue weighted by molar-refractivity contribution is 0.0427. The predicted octanol–water partition coefficient (Wildman–Crippen LogP) is 5.68. The Morgan fingerprint density at radius 1 is 1.27 bits per heavy atom. The van der Waals surface area contributed by atoms with Crippen LogP contribution in [0.4, 0.5) is 20.7 Å². The van der Waals surface area contributed by atoms with Crippen LogP contribution in [0.2, 0.25) is 0 Å². The number of anilines is 2. The zero-order valence-corrected chi connectivity index (χ0v) is 24.2. The second-order valence-electron chi connectivity index (χ2n) is 10.5. The number of nitrogens with one attached hydrogen (secondary N) is 3. The molecule has 3 heterocycles. The number of hydrogen-bond donors (Lipinski definition) is 3. The number of amides is 1. The highest BCUT2D eigenvalue weighted by Crippen LogP contribution is 2.41. The Morgan fingerprint density at radius 3 is 2.73 bits per heavy atom. The van der Waals surface area contributed by atoms with E-state index in [-0.39, 0.29) is 36.0 Å². The van der Waals surface area contributed by atoms with E-state index in [0.29, 0.717) is 29.6 Å².